The molecule has 2 rings (SSSR count). The second kappa shape index (κ2) is 7.70. The molecule has 0 fully saturated rings. The second-order valence-electron chi connectivity index (χ2n) is 5.91. The highest BCUT2D eigenvalue weighted by Gasteiger charge is 2.37. The van der Waals surface area contributed by atoms with Gasteiger partial charge >= 0.3 is 12.4 Å². The number of ether oxygens (including phenoxy) is 2. The standard InChI is InChI=1S/C19H18F6O2/c1-4-15(11-5-6-16(26-2)17(9-11)27-3)12-7-13(18(20,21)22)10-14(8-12)19(23,24)25/h5-10,15H,4H2,1-3H3. The first-order valence-electron chi connectivity index (χ1n) is 8.02. The summed E-state index contributed by atoms with van der Waals surface area (Å²) in [5.41, 5.74) is -2.19. The predicted molar refractivity (Wildman–Crippen MR) is 88.1 cm³/mol. The summed E-state index contributed by atoms with van der Waals surface area (Å²) in [5, 5.41) is 0. The smallest absolute Gasteiger partial charge is 0.416 e. The van der Waals surface area contributed by atoms with Crippen LogP contribution in [-0.4, -0.2) is 14.2 Å². The molecule has 27 heavy (non-hydrogen) atoms. The lowest BCUT2D eigenvalue weighted by atomic mass is 9.87. The summed E-state index contributed by atoms with van der Waals surface area (Å²) in [6, 6.07) is 6.38. The van der Waals surface area contributed by atoms with E-state index >= 15 is 0 Å². The monoisotopic (exact) mass is 392 g/mol. The fourth-order valence-electron chi connectivity index (χ4n) is 2.91. The molecule has 0 spiro atoms. The van der Waals surface area contributed by atoms with Crippen LogP contribution in [-0.2, 0) is 12.4 Å². The Bertz CT molecular complexity index is 764. The largest absolute Gasteiger partial charge is 0.493 e. The van der Waals surface area contributed by atoms with E-state index in [2.05, 4.69) is 0 Å². The van der Waals surface area contributed by atoms with E-state index in [-0.39, 0.29) is 11.6 Å². The van der Waals surface area contributed by atoms with Crippen molar-refractivity contribution < 1.29 is 35.8 Å². The van der Waals surface area contributed by atoms with Crippen LogP contribution in [0.1, 0.15) is 41.5 Å². The van der Waals surface area contributed by atoms with Crippen molar-refractivity contribution in [2.45, 2.75) is 31.6 Å². The molecule has 0 saturated carbocycles. The number of methoxy groups -OCH3 is 2. The van der Waals surface area contributed by atoms with E-state index in [9.17, 15) is 26.3 Å². The van der Waals surface area contributed by atoms with Crippen LogP contribution in [0.15, 0.2) is 36.4 Å². The fourth-order valence-corrected chi connectivity index (χ4v) is 2.91. The maximum Gasteiger partial charge on any atom is 0.416 e. The van der Waals surface area contributed by atoms with Gasteiger partial charge in [0.1, 0.15) is 0 Å². The summed E-state index contributed by atoms with van der Waals surface area (Å²) in [7, 11) is 2.83. The van der Waals surface area contributed by atoms with Crippen molar-refractivity contribution in [1.82, 2.24) is 0 Å². The van der Waals surface area contributed by atoms with E-state index in [1.165, 1.54) is 14.2 Å². The molecule has 0 N–H and O–H groups in total. The van der Waals surface area contributed by atoms with Gasteiger partial charge in [-0.25, -0.2) is 0 Å². The quantitative estimate of drug-likeness (QED) is 0.558. The van der Waals surface area contributed by atoms with Gasteiger partial charge in [0.15, 0.2) is 11.5 Å². The summed E-state index contributed by atoms with van der Waals surface area (Å²) in [6.07, 6.45) is -9.47. The number of halogens is 6. The number of hydrogen-bond acceptors (Lipinski definition) is 2. The number of rotatable bonds is 5. The Hall–Kier alpha value is -2.38. The first-order chi connectivity index (χ1) is 12.5. The van der Waals surface area contributed by atoms with E-state index in [0.29, 0.717) is 23.5 Å². The van der Waals surface area contributed by atoms with Crippen molar-refractivity contribution in [2.24, 2.45) is 0 Å². The molecule has 0 aliphatic heterocycles. The summed E-state index contributed by atoms with van der Waals surface area (Å²) >= 11 is 0. The third-order valence-corrected chi connectivity index (χ3v) is 4.23. The Labute approximate surface area is 152 Å². The number of alkyl halides is 6. The Morgan fingerprint density at radius 3 is 1.67 bits per heavy atom. The van der Waals surface area contributed by atoms with Gasteiger partial charge in [0, 0.05) is 5.92 Å². The first-order valence-corrected chi connectivity index (χ1v) is 8.02. The van der Waals surface area contributed by atoms with Crippen molar-refractivity contribution in [2.75, 3.05) is 14.2 Å². The van der Waals surface area contributed by atoms with Crippen LogP contribution in [0, 0.1) is 0 Å². The zero-order chi connectivity index (χ0) is 20.4. The third-order valence-electron chi connectivity index (χ3n) is 4.23. The van der Waals surface area contributed by atoms with Crippen LogP contribution in [0.25, 0.3) is 0 Å². The Morgan fingerprint density at radius 1 is 0.741 bits per heavy atom. The van der Waals surface area contributed by atoms with Crippen LogP contribution >= 0.6 is 0 Å². The molecule has 2 nitrogen and oxygen atoms in total. The van der Waals surface area contributed by atoms with Gasteiger partial charge < -0.3 is 9.47 Å². The highest BCUT2D eigenvalue weighted by molar-refractivity contribution is 5.47. The topological polar surface area (TPSA) is 18.5 Å². The summed E-state index contributed by atoms with van der Waals surface area (Å²) < 4.78 is 89.0. The molecule has 0 aliphatic rings. The molecule has 148 valence electrons. The lowest BCUT2D eigenvalue weighted by molar-refractivity contribution is -0.143. The zero-order valence-corrected chi connectivity index (χ0v) is 14.8. The lowest BCUT2D eigenvalue weighted by Crippen LogP contribution is -2.13. The molecule has 0 radical (unpaired) electrons. The summed E-state index contributed by atoms with van der Waals surface area (Å²) in [6.45, 7) is 1.69. The number of hydrogen-bond donors (Lipinski definition) is 0. The third kappa shape index (κ3) is 4.67. The Balaban J connectivity index is 2.62. The van der Waals surface area contributed by atoms with Gasteiger partial charge in [-0.15, -0.1) is 0 Å². The summed E-state index contributed by atoms with van der Waals surface area (Å²) in [4.78, 5) is 0. The minimum atomic E-state index is -4.88. The highest BCUT2D eigenvalue weighted by atomic mass is 19.4. The minimum absolute atomic E-state index is 0.0631. The van der Waals surface area contributed by atoms with E-state index in [1.807, 2.05) is 0 Å². The molecular weight excluding hydrogens is 374 g/mol. The SMILES string of the molecule is CCC(c1cc(C(F)(F)F)cc(C(F)(F)F)c1)c1ccc(OC)c(OC)c1. The van der Waals surface area contributed by atoms with E-state index < -0.39 is 29.4 Å². The van der Waals surface area contributed by atoms with E-state index in [0.717, 1.165) is 12.1 Å². The van der Waals surface area contributed by atoms with Crippen LogP contribution in [0.4, 0.5) is 26.3 Å². The van der Waals surface area contributed by atoms with Crippen molar-refractivity contribution in [1.29, 1.82) is 0 Å². The molecule has 2 aromatic carbocycles. The van der Waals surface area contributed by atoms with Crippen molar-refractivity contribution in [3.63, 3.8) is 0 Å². The normalized spacial score (nSPS) is 13.4. The fraction of sp³-hybridized carbons (Fsp3) is 0.368. The van der Waals surface area contributed by atoms with Crippen LogP contribution < -0.4 is 9.47 Å². The summed E-state index contributed by atoms with van der Waals surface area (Å²) in [5.74, 6) is 0.0841. The number of benzene rings is 2. The van der Waals surface area contributed by atoms with Gasteiger partial charge in [-0.2, -0.15) is 26.3 Å². The van der Waals surface area contributed by atoms with Gasteiger partial charge in [0.05, 0.1) is 25.3 Å². The van der Waals surface area contributed by atoms with E-state index in [4.69, 9.17) is 9.47 Å². The second-order valence-corrected chi connectivity index (χ2v) is 5.91. The van der Waals surface area contributed by atoms with E-state index in [1.54, 1.807) is 25.1 Å². The molecule has 8 heteroatoms. The molecule has 0 heterocycles. The van der Waals surface area contributed by atoms with Gasteiger partial charge in [0.2, 0.25) is 0 Å². The van der Waals surface area contributed by atoms with Gasteiger partial charge in [-0.3, -0.25) is 0 Å². The minimum Gasteiger partial charge on any atom is -0.493 e. The van der Waals surface area contributed by atoms with Crippen molar-refractivity contribution in [3.8, 4) is 11.5 Å². The predicted octanol–water partition coefficient (Wildman–Crippen LogP) is 6.28. The molecule has 0 amide bonds. The van der Waals surface area contributed by atoms with Crippen LogP contribution in [0.5, 0.6) is 11.5 Å². The first kappa shape index (κ1) is 20.9. The maximum absolute atomic E-state index is 13.1. The molecule has 1 unspecified atom stereocenters. The molecular formula is C19H18F6O2. The molecule has 0 bridgehead atoms. The van der Waals surface area contributed by atoms with Gasteiger partial charge in [-0.05, 0) is 47.9 Å². The molecule has 0 aromatic heterocycles. The van der Waals surface area contributed by atoms with Crippen molar-refractivity contribution in [3.05, 3.63) is 58.7 Å². The highest BCUT2D eigenvalue weighted by Crippen LogP contribution is 2.41. The van der Waals surface area contributed by atoms with Crippen LogP contribution in [0.2, 0.25) is 0 Å². The maximum atomic E-state index is 13.1. The Kier molecular flexibility index (Phi) is 5.97. The average Bonchev–Trinajstić information content (AvgIpc) is 2.60. The van der Waals surface area contributed by atoms with Crippen molar-refractivity contribution >= 4 is 0 Å². The lowest BCUT2D eigenvalue weighted by Gasteiger charge is -2.21. The van der Waals surface area contributed by atoms with Gasteiger partial charge in [0.25, 0.3) is 0 Å². The molecule has 0 aliphatic carbocycles. The molecule has 2 aromatic rings. The molecule has 0 saturated heterocycles. The average molecular weight is 392 g/mol. The Morgan fingerprint density at radius 2 is 1.26 bits per heavy atom. The molecule has 1 atom stereocenters. The van der Waals surface area contributed by atoms with Crippen LogP contribution in [0.3, 0.4) is 0 Å². The zero-order valence-electron chi connectivity index (χ0n) is 14.8. The van der Waals surface area contributed by atoms with Gasteiger partial charge in [-0.1, -0.05) is 13.0 Å².